The summed E-state index contributed by atoms with van der Waals surface area (Å²) in [4.78, 5) is 20.1. The van der Waals surface area contributed by atoms with E-state index in [9.17, 15) is 24.6 Å². The molecule has 1 aromatic rings. The molecule has 0 aromatic heterocycles. The van der Waals surface area contributed by atoms with Gasteiger partial charge < -0.3 is 0 Å². The Morgan fingerprint density at radius 1 is 1.10 bits per heavy atom. The van der Waals surface area contributed by atoms with Gasteiger partial charge in [0.1, 0.15) is 0 Å². The van der Waals surface area contributed by atoms with E-state index in [0.717, 1.165) is 31.7 Å². The molecule has 1 rings (SSSR count). The van der Waals surface area contributed by atoms with Gasteiger partial charge in [-0.3, -0.25) is 20.2 Å². The molecule has 0 saturated heterocycles. The van der Waals surface area contributed by atoms with E-state index in [0.29, 0.717) is 12.5 Å². The van der Waals surface area contributed by atoms with Crippen LogP contribution in [0.15, 0.2) is 12.1 Å². The number of rotatable bonds is 8. The molecule has 0 aliphatic rings. The van der Waals surface area contributed by atoms with Crippen LogP contribution in [-0.2, 0) is 0 Å². The average Bonchev–Trinajstić information content (AvgIpc) is 2.42. The zero-order valence-corrected chi connectivity index (χ0v) is 12.2. The van der Waals surface area contributed by atoms with Crippen molar-refractivity contribution in [1.82, 2.24) is 0 Å². The minimum Gasteiger partial charge on any atom is -0.258 e. The Bertz CT molecular complexity index is 534. The summed E-state index contributed by atoms with van der Waals surface area (Å²) in [6.45, 7) is 3.86. The lowest BCUT2D eigenvalue weighted by atomic mass is 9.93. The van der Waals surface area contributed by atoms with E-state index in [-0.39, 0.29) is 17.2 Å². The third-order valence-electron chi connectivity index (χ3n) is 3.51. The lowest BCUT2D eigenvalue weighted by Crippen LogP contribution is -2.04. The van der Waals surface area contributed by atoms with Gasteiger partial charge in [-0.05, 0) is 18.4 Å². The van der Waals surface area contributed by atoms with E-state index in [1.807, 2.05) is 0 Å². The Balaban J connectivity index is 3.02. The molecule has 0 spiro atoms. The molecule has 0 fully saturated rings. The monoisotopic (exact) mass is 298 g/mol. The zero-order chi connectivity index (χ0) is 16.0. The fourth-order valence-electron chi connectivity index (χ4n) is 2.29. The van der Waals surface area contributed by atoms with Crippen LogP contribution in [0.2, 0.25) is 0 Å². The molecule has 0 heterocycles. The van der Waals surface area contributed by atoms with Crippen LogP contribution < -0.4 is 0 Å². The standard InChI is InChI=1S/C14H19FN2O4/c1-3-4-5-6-7-10(2)11-8-12(15)14(17(20)21)9-13(11)16(18)19/h8-10H,3-7H2,1-2H3/t10-/m0/s1. The van der Waals surface area contributed by atoms with Crippen molar-refractivity contribution in [2.24, 2.45) is 0 Å². The van der Waals surface area contributed by atoms with Gasteiger partial charge in [0.05, 0.1) is 15.9 Å². The van der Waals surface area contributed by atoms with Crippen LogP contribution in [0, 0.1) is 26.0 Å². The highest BCUT2D eigenvalue weighted by molar-refractivity contribution is 5.51. The second-order valence-electron chi connectivity index (χ2n) is 5.13. The summed E-state index contributed by atoms with van der Waals surface area (Å²) < 4.78 is 13.7. The maximum absolute atomic E-state index is 13.7. The van der Waals surface area contributed by atoms with Crippen LogP contribution in [0.3, 0.4) is 0 Å². The number of nitro groups is 2. The quantitative estimate of drug-likeness (QED) is 0.395. The summed E-state index contributed by atoms with van der Waals surface area (Å²) in [7, 11) is 0. The molecule has 1 atom stereocenters. The highest BCUT2D eigenvalue weighted by atomic mass is 19.1. The van der Waals surface area contributed by atoms with E-state index in [2.05, 4.69) is 6.92 Å². The SMILES string of the molecule is CCCCCC[C@H](C)c1cc(F)c([N+](=O)[O-])cc1[N+](=O)[O-]. The summed E-state index contributed by atoms with van der Waals surface area (Å²) in [5, 5.41) is 21.7. The molecular formula is C14H19FN2O4. The Labute approximate surface area is 122 Å². The Morgan fingerprint density at radius 2 is 1.71 bits per heavy atom. The Hall–Kier alpha value is -2.05. The van der Waals surface area contributed by atoms with Crippen LogP contribution in [0.5, 0.6) is 0 Å². The molecule has 0 radical (unpaired) electrons. The summed E-state index contributed by atoms with van der Waals surface area (Å²) in [6.07, 6.45) is 4.77. The molecular weight excluding hydrogens is 279 g/mol. The van der Waals surface area contributed by atoms with E-state index in [1.165, 1.54) is 0 Å². The van der Waals surface area contributed by atoms with Gasteiger partial charge in [-0.15, -0.1) is 0 Å². The number of hydrogen-bond acceptors (Lipinski definition) is 4. The molecule has 21 heavy (non-hydrogen) atoms. The smallest absolute Gasteiger partial charge is 0.258 e. The molecule has 0 bridgehead atoms. The fourth-order valence-corrected chi connectivity index (χ4v) is 2.29. The lowest BCUT2D eigenvalue weighted by Gasteiger charge is -2.12. The lowest BCUT2D eigenvalue weighted by molar-refractivity contribution is -0.396. The van der Waals surface area contributed by atoms with Crippen LogP contribution in [0.1, 0.15) is 57.4 Å². The number of nitro benzene ring substituents is 2. The molecule has 0 saturated carbocycles. The van der Waals surface area contributed by atoms with Crippen LogP contribution in [-0.4, -0.2) is 9.85 Å². The molecule has 0 aliphatic heterocycles. The molecule has 116 valence electrons. The van der Waals surface area contributed by atoms with E-state index in [4.69, 9.17) is 0 Å². The van der Waals surface area contributed by atoms with E-state index >= 15 is 0 Å². The van der Waals surface area contributed by atoms with Crippen molar-refractivity contribution in [3.8, 4) is 0 Å². The van der Waals surface area contributed by atoms with Gasteiger partial charge in [-0.1, -0.05) is 39.5 Å². The first-order valence-corrected chi connectivity index (χ1v) is 7.00. The molecule has 0 unspecified atom stereocenters. The number of benzene rings is 1. The first-order chi connectivity index (χ1) is 9.88. The normalized spacial score (nSPS) is 12.1. The van der Waals surface area contributed by atoms with Gasteiger partial charge in [0.2, 0.25) is 5.82 Å². The topological polar surface area (TPSA) is 86.3 Å². The molecule has 0 aliphatic carbocycles. The first kappa shape index (κ1) is 17.0. The van der Waals surface area contributed by atoms with Gasteiger partial charge in [-0.25, -0.2) is 0 Å². The van der Waals surface area contributed by atoms with Gasteiger partial charge in [0.25, 0.3) is 5.69 Å². The molecule has 0 N–H and O–H groups in total. The number of halogens is 1. The van der Waals surface area contributed by atoms with Crippen LogP contribution >= 0.6 is 0 Å². The highest BCUT2D eigenvalue weighted by Crippen LogP contribution is 2.34. The summed E-state index contributed by atoms with van der Waals surface area (Å²) >= 11 is 0. The number of unbranched alkanes of at least 4 members (excludes halogenated alkanes) is 3. The molecule has 7 heteroatoms. The van der Waals surface area contributed by atoms with E-state index in [1.54, 1.807) is 6.92 Å². The maximum Gasteiger partial charge on any atom is 0.311 e. The predicted molar refractivity (Wildman–Crippen MR) is 76.9 cm³/mol. The second-order valence-corrected chi connectivity index (χ2v) is 5.13. The van der Waals surface area contributed by atoms with Crippen LogP contribution in [0.25, 0.3) is 0 Å². The van der Waals surface area contributed by atoms with Gasteiger partial charge in [0, 0.05) is 5.56 Å². The summed E-state index contributed by atoms with van der Waals surface area (Å²) in [5.74, 6) is -1.24. The van der Waals surface area contributed by atoms with Crippen molar-refractivity contribution in [2.75, 3.05) is 0 Å². The molecule has 0 amide bonds. The second kappa shape index (κ2) is 7.66. The van der Waals surface area contributed by atoms with Gasteiger partial charge >= 0.3 is 5.69 Å². The molecule has 6 nitrogen and oxygen atoms in total. The summed E-state index contributed by atoms with van der Waals surface area (Å²) in [6, 6.07) is 1.65. The largest absolute Gasteiger partial charge is 0.311 e. The maximum atomic E-state index is 13.7. The van der Waals surface area contributed by atoms with Crippen molar-refractivity contribution in [1.29, 1.82) is 0 Å². The minimum atomic E-state index is -1.03. The minimum absolute atomic E-state index is 0.211. The predicted octanol–water partition coefficient (Wildman–Crippen LogP) is 4.72. The third kappa shape index (κ3) is 4.47. The average molecular weight is 298 g/mol. The Kier molecular flexibility index (Phi) is 6.20. The third-order valence-corrected chi connectivity index (χ3v) is 3.51. The summed E-state index contributed by atoms with van der Waals surface area (Å²) in [5.41, 5.74) is -1.02. The van der Waals surface area contributed by atoms with Crippen molar-refractivity contribution in [3.05, 3.63) is 43.7 Å². The van der Waals surface area contributed by atoms with Crippen LogP contribution in [0.4, 0.5) is 15.8 Å². The highest BCUT2D eigenvalue weighted by Gasteiger charge is 2.27. The van der Waals surface area contributed by atoms with E-state index < -0.39 is 21.4 Å². The van der Waals surface area contributed by atoms with Crippen molar-refractivity contribution >= 4 is 11.4 Å². The Morgan fingerprint density at radius 3 is 2.24 bits per heavy atom. The van der Waals surface area contributed by atoms with Crippen molar-refractivity contribution in [2.45, 2.75) is 51.9 Å². The van der Waals surface area contributed by atoms with Crippen molar-refractivity contribution < 1.29 is 14.2 Å². The van der Waals surface area contributed by atoms with Gasteiger partial charge in [-0.2, -0.15) is 4.39 Å². The molecule has 1 aromatic carbocycles. The van der Waals surface area contributed by atoms with Crippen molar-refractivity contribution in [3.63, 3.8) is 0 Å². The number of hydrogen-bond donors (Lipinski definition) is 0. The number of nitrogens with zero attached hydrogens (tertiary/aromatic N) is 2. The first-order valence-electron chi connectivity index (χ1n) is 7.00. The zero-order valence-electron chi connectivity index (χ0n) is 12.2. The van der Waals surface area contributed by atoms with Gasteiger partial charge in [0.15, 0.2) is 0 Å². The fraction of sp³-hybridized carbons (Fsp3) is 0.571.